The maximum absolute atomic E-state index is 6.57. The van der Waals surface area contributed by atoms with E-state index in [1.165, 1.54) is 21.9 Å². The van der Waals surface area contributed by atoms with Gasteiger partial charge in [-0.15, -0.1) is 0 Å². The Kier molecular flexibility index (Phi) is 9.54. The first kappa shape index (κ1) is 41.8. The molecule has 2 heterocycles. The molecular formula is C70H44N2O2. The van der Waals surface area contributed by atoms with Gasteiger partial charge in [0.15, 0.2) is 0 Å². The lowest BCUT2D eigenvalue weighted by molar-refractivity contribution is 0.668. The average molecular weight is 945 g/mol. The Morgan fingerprint density at radius 2 is 0.581 bits per heavy atom. The Morgan fingerprint density at radius 1 is 0.230 bits per heavy atom. The van der Waals surface area contributed by atoms with Gasteiger partial charge in [0.25, 0.3) is 0 Å². The Balaban J connectivity index is 1.05. The first-order valence-electron chi connectivity index (χ1n) is 25.2. The number of fused-ring (bicyclic) bond motifs is 10. The van der Waals surface area contributed by atoms with E-state index >= 15 is 0 Å². The molecule has 0 N–H and O–H groups in total. The van der Waals surface area contributed by atoms with Gasteiger partial charge in [0.1, 0.15) is 22.3 Å². The first-order valence-corrected chi connectivity index (χ1v) is 25.2. The quantitative estimate of drug-likeness (QED) is 0.142. The Morgan fingerprint density at radius 3 is 1.04 bits per heavy atom. The van der Waals surface area contributed by atoms with Crippen molar-refractivity contribution in [1.29, 1.82) is 0 Å². The highest BCUT2D eigenvalue weighted by atomic mass is 16.3. The lowest BCUT2D eigenvalue weighted by Gasteiger charge is -2.29. The molecule has 0 saturated heterocycles. The second-order valence-corrected chi connectivity index (χ2v) is 19.1. The molecule has 15 aromatic rings. The Bertz CT molecular complexity index is 4380. The van der Waals surface area contributed by atoms with Crippen molar-refractivity contribution in [3.8, 4) is 22.3 Å². The highest BCUT2D eigenvalue weighted by Gasteiger charge is 2.26. The summed E-state index contributed by atoms with van der Waals surface area (Å²) in [5.41, 5.74) is 14.4. The largest absolute Gasteiger partial charge is 0.456 e. The zero-order valence-electron chi connectivity index (χ0n) is 40.1. The average Bonchev–Trinajstić information content (AvgIpc) is 4.05. The van der Waals surface area contributed by atoms with Gasteiger partial charge >= 0.3 is 0 Å². The Hall–Kier alpha value is -9.90. The molecule has 0 aliphatic heterocycles. The van der Waals surface area contributed by atoms with Gasteiger partial charge in [-0.1, -0.05) is 194 Å². The van der Waals surface area contributed by atoms with Gasteiger partial charge in [-0.3, -0.25) is 0 Å². The molecule has 4 heteroatoms. The molecule has 0 spiro atoms. The number of para-hydroxylation sites is 2. The predicted octanol–water partition coefficient (Wildman–Crippen LogP) is 20.4. The SMILES string of the molecule is c1ccc(-c2c3ccc(N(c4cccc5ccccc45)c4cccc5oc6ccccc6c45)cc3c(-c3ccccc3)c3ccc(N(c4cccc5ccccc45)c4cccc5oc6ccccc6c45)cc23)cc1. The Labute approximate surface area is 426 Å². The minimum absolute atomic E-state index is 0.850. The summed E-state index contributed by atoms with van der Waals surface area (Å²) in [6, 6.07) is 96.3. The fourth-order valence-corrected chi connectivity index (χ4v) is 11.8. The third-order valence-electron chi connectivity index (χ3n) is 15.0. The summed E-state index contributed by atoms with van der Waals surface area (Å²) in [5, 5.41) is 13.6. The van der Waals surface area contributed by atoms with E-state index in [1.54, 1.807) is 0 Å². The highest BCUT2D eigenvalue weighted by Crippen LogP contribution is 2.52. The molecule has 0 aliphatic carbocycles. The van der Waals surface area contributed by atoms with Crippen molar-refractivity contribution in [2.24, 2.45) is 0 Å². The number of rotatable bonds is 8. The zero-order chi connectivity index (χ0) is 48.7. The summed E-state index contributed by atoms with van der Waals surface area (Å²) < 4.78 is 13.1. The van der Waals surface area contributed by atoms with Gasteiger partial charge in [-0.25, -0.2) is 0 Å². The van der Waals surface area contributed by atoms with Crippen LogP contribution in [0.5, 0.6) is 0 Å². The van der Waals surface area contributed by atoms with Gasteiger partial charge in [0.05, 0.1) is 33.5 Å². The number of hydrogen-bond acceptors (Lipinski definition) is 4. The number of hydrogen-bond donors (Lipinski definition) is 0. The van der Waals surface area contributed by atoms with Gasteiger partial charge in [-0.2, -0.15) is 0 Å². The molecule has 2 aromatic heterocycles. The molecule has 74 heavy (non-hydrogen) atoms. The molecule has 4 nitrogen and oxygen atoms in total. The van der Waals surface area contributed by atoms with Crippen molar-refractivity contribution in [3.05, 3.63) is 267 Å². The summed E-state index contributed by atoms with van der Waals surface area (Å²) in [5.74, 6) is 0. The van der Waals surface area contributed by atoms with Gasteiger partial charge in [-0.05, 0) is 127 Å². The van der Waals surface area contributed by atoms with Crippen molar-refractivity contribution in [3.63, 3.8) is 0 Å². The van der Waals surface area contributed by atoms with Crippen molar-refractivity contribution in [1.82, 2.24) is 0 Å². The van der Waals surface area contributed by atoms with Crippen molar-refractivity contribution in [2.75, 3.05) is 9.80 Å². The van der Waals surface area contributed by atoms with Crippen LogP contribution in [-0.4, -0.2) is 0 Å². The summed E-state index contributed by atoms with van der Waals surface area (Å²) in [7, 11) is 0. The van der Waals surface area contributed by atoms with E-state index in [2.05, 4.69) is 265 Å². The minimum atomic E-state index is 0.850. The van der Waals surface area contributed by atoms with Crippen LogP contribution in [0.3, 0.4) is 0 Å². The van der Waals surface area contributed by atoms with E-state index in [9.17, 15) is 0 Å². The van der Waals surface area contributed by atoms with E-state index in [0.29, 0.717) is 0 Å². The normalized spacial score (nSPS) is 11.8. The van der Waals surface area contributed by atoms with Crippen molar-refractivity contribution >= 4 is 121 Å². The third-order valence-corrected chi connectivity index (χ3v) is 15.0. The van der Waals surface area contributed by atoms with Crippen molar-refractivity contribution < 1.29 is 8.83 Å². The van der Waals surface area contributed by atoms with Crippen LogP contribution in [0.25, 0.3) is 109 Å². The van der Waals surface area contributed by atoms with Crippen LogP contribution in [0.15, 0.2) is 276 Å². The molecule has 0 bridgehead atoms. The summed E-state index contributed by atoms with van der Waals surface area (Å²) in [6.07, 6.45) is 0. The van der Waals surface area contributed by atoms with E-state index in [1.807, 2.05) is 12.1 Å². The zero-order valence-corrected chi connectivity index (χ0v) is 40.1. The fraction of sp³-hybridized carbons (Fsp3) is 0. The summed E-state index contributed by atoms with van der Waals surface area (Å²) >= 11 is 0. The molecule has 15 rings (SSSR count). The standard InChI is InChI=1S/C70H44N2O2/c1-3-21-47(22-4-1)67-53-41-39-50(72(60-32-16-26-46-20-8-10-28-52(46)60)62-34-18-38-66-70(62)56-30-12-14-36-64(56)74-66)44-58(53)68(48-23-5-2-6-24-48)54-42-40-49(43-57(54)67)71(59-31-15-25-45-19-7-9-27-51(45)59)61-33-17-37-65-69(61)55-29-11-13-35-63(55)73-65/h1-44H. The lowest BCUT2D eigenvalue weighted by atomic mass is 9.85. The number of nitrogens with zero attached hydrogens (tertiary/aromatic N) is 2. The molecule has 346 valence electrons. The topological polar surface area (TPSA) is 32.8 Å². The number of furan rings is 2. The molecule has 0 atom stereocenters. The molecule has 0 aliphatic rings. The van der Waals surface area contributed by atoms with Gasteiger partial charge in [0.2, 0.25) is 0 Å². The number of anilines is 6. The van der Waals surface area contributed by atoms with Crippen LogP contribution in [0.4, 0.5) is 34.1 Å². The summed E-state index contributed by atoms with van der Waals surface area (Å²) in [4.78, 5) is 4.89. The van der Waals surface area contributed by atoms with E-state index in [0.717, 1.165) is 121 Å². The fourth-order valence-electron chi connectivity index (χ4n) is 11.8. The maximum Gasteiger partial charge on any atom is 0.137 e. The van der Waals surface area contributed by atoms with Crippen LogP contribution < -0.4 is 9.80 Å². The first-order chi connectivity index (χ1) is 36.7. The molecule has 0 fully saturated rings. The highest BCUT2D eigenvalue weighted by molar-refractivity contribution is 6.24. The third kappa shape index (κ3) is 6.55. The monoisotopic (exact) mass is 944 g/mol. The van der Waals surface area contributed by atoms with Crippen LogP contribution >= 0.6 is 0 Å². The molecular weight excluding hydrogens is 901 g/mol. The molecule has 0 radical (unpaired) electrons. The predicted molar refractivity (Wildman–Crippen MR) is 311 cm³/mol. The second-order valence-electron chi connectivity index (χ2n) is 19.1. The number of benzene rings is 13. The minimum Gasteiger partial charge on any atom is -0.456 e. The molecule has 0 unspecified atom stereocenters. The van der Waals surface area contributed by atoms with Gasteiger partial charge < -0.3 is 18.6 Å². The second kappa shape index (κ2) is 16.9. The molecule has 0 amide bonds. The van der Waals surface area contributed by atoms with Crippen LogP contribution in [0.2, 0.25) is 0 Å². The van der Waals surface area contributed by atoms with Crippen molar-refractivity contribution in [2.45, 2.75) is 0 Å². The summed E-state index contributed by atoms with van der Waals surface area (Å²) in [6.45, 7) is 0. The molecule has 0 saturated carbocycles. The molecule has 13 aromatic carbocycles. The maximum atomic E-state index is 6.57. The lowest BCUT2D eigenvalue weighted by Crippen LogP contribution is -2.11. The van der Waals surface area contributed by atoms with Crippen LogP contribution in [0.1, 0.15) is 0 Å². The van der Waals surface area contributed by atoms with Crippen LogP contribution in [0, 0.1) is 0 Å². The van der Waals surface area contributed by atoms with Gasteiger partial charge in [0, 0.05) is 32.9 Å². The van der Waals surface area contributed by atoms with E-state index in [4.69, 9.17) is 8.83 Å². The van der Waals surface area contributed by atoms with Crippen LogP contribution in [-0.2, 0) is 0 Å². The van der Waals surface area contributed by atoms with E-state index in [-0.39, 0.29) is 0 Å². The smallest absolute Gasteiger partial charge is 0.137 e. The van der Waals surface area contributed by atoms with E-state index < -0.39 is 0 Å².